The van der Waals surface area contributed by atoms with Crippen molar-refractivity contribution in [1.82, 2.24) is 5.01 Å². The fourth-order valence-electron chi connectivity index (χ4n) is 8.00. The van der Waals surface area contributed by atoms with Gasteiger partial charge in [0.25, 0.3) is 0 Å². The molecule has 0 aliphatic heterocycles. The molecule has 0 heterocycles. The molecule has 4 rings (SSSR count). The van der Waals surface area contributed by atoms with Crippen molar-refractivity contribution in [3.63, 3.8) is 0 Å². The molecule has 3 heteroatoms. The molecule has 8 unspecified atom stereocenters. The molecule has 4 N–H and O–H groups in total. The van der Waals surface area contributed by atoms with E-state index in [4.69, 9.17) is 5.84 Å². The average Bonchev–Trinajstić information content (AvgIpc) is 3.28. The second-order valence-corrected chi connectivity index (χ2v) is 12.6. The van der Waals surface area contributed by atoms with Gasteiger partial charge in [0, 0.05) is 13.6 Å². The van der Waals surface area contributed by atoms with Crippen molar-refractivity contribution in [3.8, 4) is 0 Å². The van der Waals surface area contributed by atoms with Crippen LogP contribution in [-0.4, -0.2) is 25.6 Å². The molecule has 37 heavy (non-hydrogen) atoms. The van der Waals surface area contributed by atoms with Crippen molar-refractivity contribution in [3.05, 3.63) is 38.0 Å². The Hall–Kier alpha value is -0.900. The van der Waals surface area contributed by atoms with Crippen LogP contribution < -0.4 is 11.6 Å². The fourth-order valence-corrected chi connectivity index (χ4v) is 8.00. The molecule has 8 atom stereocenters. The van der Waals surface area contributed by atoms with Gasteiger partial charge in [0.2, 0.25) is 0 Å². The first-order valence-corrected chi connectivity index (χ1v) is 15.4. The zero-order valence-electron chi connectivity index (χ0n) is 26.4. The van der Waals surface area contributed by atoms with Crippen LogP contribution in [0.2, 0.25) is 0 Å². The third kappa shape index (κ3) is 9.97. The second-order valence-electron chi connectivity index (χ2n) is 12.6. The maximum absolute atomic E-state index is 5.12. The van der Waals surface area contributed by atoms with E-state index in [9.17, 15) is 0 Å². The molecule has 4 fully saturated rings. The van der Waals surface area contributed by atoms with Gasteiger partial charge in [-0.25, -0.2) is 0 Å². The lowest BCUT2D eigenvalue weighted by Crippen LogP contribution is -2.48. The Kier molecular flexibility index (Phi) is 18.0. The van der Waals surface area contributed by atoms with Gasteiger partial charge in [0.15, 0.2) is 0 Å². The Morgan fingerprint density at radius 2 is 1.51 bits per heavy atom. The summed E-state index contributed by atoms with van der Waals surface area (Å²) in [5.74, 6) is 13.0. The van der Waals surface area contributed by atoms with Crippen molar-refractivity contribution >= 4 is 0 Å². The van der Waals surface area contributed by atoms with Crippen molar-refractivity contribution in [2.75, 3.05) is 20.6 Å². The lowest BCUT2D eigenvalue weighted by atomic mass is 9.49. The highest BCUT2D eigenvalue weighted by molar-refractivity contribution is 5.15. The summed E-state index contributed by atoms with van der Waals surface area (Å²) in [5.41, 5.74) is 6.66. The van der Waals surface area contributed by atoms with Gasteiger partial charge in [-0.05, 0) is 118 Å². The van der Waals surface area contributed by atoms with Crippen LogP contribution in [-0.2, 0) is 0 Å². The smallest absolute Gasteiger partial charge is 0.00966 e. The summed E-state index contributed by atoms with van der Waals surface area (Å²) >= 11 is 0. The van der Waals surface area contributed by atoms with Gasteiger partial charge in [-0.3, -0.25) is 10.9 Å². The van der Waals surface area contributed by atoms with Crippen molar-refractivity contribution in [2.45, 2.75) is 106 Å². The van der Waals surface area contributed by atoms with E-state index in [-0.39, 0.29) is 0 Å². The number of allylic oxidation sites excluding steroid dienone is 2. The Balaban J connectivity index is 0.000000779. The minimum Gasteiger partial charge on any atom is -0.333 e. The van der Waals surface area contributed by atoms with Crippen molar-refractivity contribution in [1.29, 1.82) is 0 Å². The number of hydrogen-bond donors (Lipinski definition) is 2. The maximum atomic E-state index is 5.12. The van der Waals surface area contributed by atoms with Crippen LogP contribution in [0.15, 0.2) is 38.0 Å². The van der Waals surface area contributed by atoms with Gasteiger partial charge in [0.1, 0.15) is 0 Å². The third-order valence-corrected chi connectivity index (χ3v) is 10.1. The summed E-state index contributed by atoms with van der Waals surface area (Å²) in [6.07, 6.45) is 16.9. The van der Waals surface area contributed by atoms with E-state index >= 15 is 0 Å². The van der Waals surface area contributed by atoms with Gasteiger partial charge < -0.3 is 5.73 Å². The molecule has 0 aromatic rings. The lowest BCUT2D eigenvalue weighted by Gasteiger charge is -2.56. The molecule has 0 radical (unpaired) electrons. The fraction of sp³-hybridized carbons (Fsp3) is 0.824. The third-order valence-electron chi connectivity index (χ3n) is 10.1. The number of fused-ring (bicyclic) bond motifs is 5. The van der Waals surface area contributed by atoms with Crippen molar-refractivity contribution in [2.24, 2.45) is 64.3 Å². The Morgan fingerprint density at radius 3 is 2.00 bits per heavy atom. The van der Waals surface area contributed by atoms with Crippen molar-refractivity contribution < 1.29 is 0 Å². The van der Waals surface area contributed by atoms with Crippen LogP contribution in [0.5, 0.6) is 0 Å². The summed E-state index contributed by atoms with van der Waals surface area (Å²) < 4.78 is 0. The van der Waals surface area contributed by atoms with E-state index in [0.29, 0.717) is 11.3 Å². The number of nitrogens with zero attached hydrogens (tertiary/aromatic N) is 1. The summed E-state index contributed by atoms with van der Waals surface area (Å²) in [5, 5.41) is 1.62. The second kappa shape index (κ2) is 18.4. The Bertz CT molecular complexity index is 627. The minimum atomic E-state index is 0.600. The molecule has 4 aliphatic rings. The van der Waals surface area contributed by atoms with E-state index < -0.39 is 0 Å². The van der Waals surface area contributed by atoms with E-state index in [2.05, 4.69) is 66.7 Å². The first-order chi connectivity index (χ1) is 17.6. The molecule has 4 saturated carbocycles. The molecule has 0 spiro atoms. The Morgan fingerprint density at radius 1 is 0.973 bits per heavy atom. The highest BCUT2D eigenvalue weighted by Gasteiger charge is 2.56. The molecule has 0 bridgehead atoms. The average molecular weight is 518 g/mol. The first kappa shape index (κ1) is 36.1. The molecule has 0 saturated heterocycles. The lowest BCUT2D eigenvalue weighted by molar-refractivity contribution is -0.0635. The highest BCUT2D eigenvalue weighted by atomic mass is 15.4. The first-order valence-electron chi connectivity index (χ1n) is 15.4. The minimum absolute atomic E-state index is 0.600. The summed E-state index contributed by atoms with van der Waals surface area (Å²) in [4.78, 5) is 0. The summed E-state index contributed by atoms with van der Waals surface area (Å²) in [6, 6.07) is 0. The molecule has 3 nitrogen and oxygen atoms in total. The molecular formula is C34H67N3. The van der Waals surface area contributed by atoms with Gasteiger partial charge in [0.05, 0.1) is 0 Å². The van der Waals surface area contributed by atoms with Crippen LogP contribution >= 0.6 is 0 Å². The topological polar surface area (TPSA) is 55.3 Å². The quantitative estimate of drug-likeness (QED) is 0.222. The normalized spacial score (nSPS) is 35.3. The molecule has 4 aliphatic carbocycles. The van der Waals surface area contributed by atoms with Gasteiger partial charge in [-0.1, -0.05) is 66.2 Å². The van der Waals surface area contributed by atoms with E-state index in [0.717, 1.165) is 48.0 Å². The van der Waals surface area contributed by atoms with E-state index in [1.54, 1.807) is 42.7 Å². The van der Waals surface area contributed by atoms with Crippen LogP contribution in [0.3, 0.4) is 0 Å². The molecule has 0 amide bonds. The van der Waals surface area contributed by atoms with Crippen LogP contribution in [0, 0.1) is 52.8 Å². The largest absolute Gasteiger partial charge is 0.333 e. The van der Waals surface area contributed by atoms with E-state index in [1.165, 1.54) is 39.2 Å². The highest BCUT2D eigenvalue weighted by Crippen LogP contribution is 2.65. The molecular weight excluding hydrogens is 450 g/mol. The standard InChI is InChI=1S/C23H38.C5H10.C3H10N2.C2H4.CH5N/c1-5-16(3)21-10-11-22-20-9-7-17-14-15(2)6-8-18(17)19(20)12-13-23(21,22)4;1-4-5(2)3;1-3-5(2)4;2*1-2/h15,17-22H,3,5-14H2,1-2,4H3;4-5H,1H2,2-3H3;3-4H2,1-2H3;1-2H2;2H2,1H3. The molecule has 0 aromatic carbocycles. The van der Waals surface area contributed by atoms with Gasteiger partial charge in [-0.15, -0.1) is 19.7 Å². The molecule has 0 aromatic heterocycles. The number of rotatable bonds is 4. The number of hydrogen-bond acceptors (Lipinski definition) is 3. The zero-order valence-corrected chi connectivity index (χ0v) is 26.4. The number of nitrogens with two attached hydrogens (primary N) is 2. The maximum Gasteiger partial charge on any atom is 0.00966 e. The predicted molar refractivity (Wildman–Crippen MR) is 168 cm³/mol. The monoisotopic (exact) mass is 518 g/mol. The van der Waals surface area contributed by atoms with Crippen LogP contribution in [0.4, 0.5) is 0 Å². The van der Waals surface area contributed by atoms with Crippen LogP contribution in [0.25, 0.3) is 0 Å². The Labute approximate surface area is 233 Å². The predicted octanol–water partition coefficient (Wildman–Crippen LogP) is 8.87. The summed E-state index contributed by atoms with van der Waals surface area (Å²) in [7, 11) is 3.33. The SMILES string of the molecule is C=C.C=C(CC)C1CCC2C3CCC4CC(C)CCC4C3CCC12C.C=CC(C)C.CCN(C)N.CN. The molecule has 218 valence electrons. The zero-order chi connectivity index (χ0) is 28.8. The van der Waals surface area contributed by atoms with E-state index in [1.807, 2.05) is 20.0 Å². The number of hydrazine groups is 1. The van der Waals surface area contributed by atoms with Gasteiger partial charge >= 0.3 is 0 Å². The van der Waals surface area contributed by atoms with Gasteiger partial charge in [-0.2, -0.15) is 0 Å². The summed E-state index contributed by atoms with van der Waals surface area (Å²) in [6.45, 7) is 28.6. The van der Waals surface area contributed by atoms with Crippen LogP contribution in [0.1, 0.15) is 106 Å².